The number of aryl methyl sites for hydroxylation is 2. The summed E-state index contributed by atoms with van der Waals surface area (Å²) in [6, 6.07) is 7.86. The molecule has 3 heterocycles. The van der Waals surface area contributed by atoms with E-state index < -0.39 is 0 Å². The van der Waals surface area contributed by atoms with Gasteiger partial charge in [-0.2, -0.15) is 0 Å². The molecule has 5 nitrogen and oxygen atoms in total. The number of piperidine rings is 1. The molecule has 3 aromatic rings. The molecule has 2 aromatic heterocycles. The summed E-state index contributed by atoms with van der Waals surface area (Å²) in [5.74, 6) is 1.43. The van der Waals surface area contributed by atoms with E-state index in [9.17, 15) is 4.79 Å². The summed E-state index contributed by atoms with van der Waals surface area (Å²) in [6.45, 7) is 8.24. The van der Waals surface area contributed by atoms with Gasteiger partial charge in [0.1, 0.15) is 17.0 Å². The van der Waals surface area contributed by atoms with Crippen molar-refractivity contribution >= 4 is 39.0 Å². The number of amides is 1. The van der Waals surface area contributed by atoms with Crippen LogP contribution in [-0.4, -0.2) is 29.0 Å². The van der Waals surface area contributed by atoms with Crippen LogP contribution in [0.15, 0.2) is 30.6 Å². The largest absolute Gasteiger partial charge is 0.356 e. The zero-order chi connectivity index (χ0) is 19.0. The molecule has 1 N–H and O–H groups in total. The van der Waals surface area contributed by atoms with Crippen molar-refractivity contribution in [3.63, 3.8) is 0 Å². The molecular formula is C21H24N4OS. The van der Waals surface area contributed by atoms with Crippen LogP contribution in [0.2, 0.25) is 0 Å². The average Bonchev–Trinajstić information content (AvgIpc) is 2.99. The van der Waals surface area contributed by atoms with Gasteiger partial charge >= 0.3 is 0 Å². The van der Waals surface area contributed by atoms with E-state index in [0.29, 0.717) is 11.5 Å². The molecule has 0 saturated carbocycles. The number of nitrogens with zero attached hydrogens (tertiary/aromatic N) is 3. The smallest absolute Gasteiger partial charge is 0.257 e. The Balaban J connectivity index is 1.74. The van der Waals surface area contributed by atoms with E-state index >= 15 is 0 Å². The molecular weight excluding hydrogens is 356 g/mol. The minimum atomic E-state index is -0.0938. The topological polar surface area (TPSA) is 58.1 Å². The fourth-order valence-corrected chi connectivity index (χ4v) is 4.74. The van der Waals surface area contributed by atoms with Crippen molar-refractivity contribution in [3.05, 3.63) is 46.6 Å². The van der Waals surface area contributed by atoms with Crippen LogP contribution in [0.5, 0.6) is 0 Å². The van der Waals surface area contributed by atoms with Gasteiger partial charge in [-0.15, -0.1) is 11.3 Å². The summed E-state index contributed by atoms with van der Waals surface area (Å²) in [7, 11) is 0. The van der Waals surface area contributed by atoms with Crippen molar-refractivity contribution in [2.45, 2.75) is 33.6 Å². The zero-order valence-electron chi connectivity index (χ0n) is 16.0. The van der Waals surface area contributed by atoms with E-state index in [0.717, 1.165) is 46.1 Å². The Hall–Kier alpha value is -2.47. The summed E-state index contributed by atoms with van der Waals surface area (Å²) in [6.07, 6.45) is 4.02. The fraction of sp³-hybridized carbons (Fsp3) is 0.381. The summed E-state index contributed by atoms with van der Waals surface area (Å²) in [4.78, 5) is 26.3. The van der Waals surface area contributed by atoms with Crippen molar-refractivity contribution in [2.24, 2.45) is 5.92 Å². The van der Waals surface area contributed by atoms with E-state index in [1.54, 1.807) is 17.7 Å². The number of benzene rings is 1. The van der Waals surface area contributed by atoms with Gasteiger partial charge in [0, 0.05) is 23.7 Å². The lowest BCUT2D eigenvalue weighted by atomic mass is 10.00. The van der Waals surface area contributed by atoms with Crippen LogP contribution in [0.25, 0.3) is 10.2 Å². The first-order valence-corrected chi connectivity index (χ1v) is 10.2. The average molecular weight is 381 g/mol. The molecule has 27 heavy (non-hydrogen) atoms. The molecule has 1 amide bonds. The predicted molar refractivity (Wildman–Crippen MR) is 112 cm³/mol. The molecule has 0 bridgehead atoms. The highest BCUT2D eigenvalue weighted by Crippen LogP contribution is 2.36. The van der Waals surface area contributed by atoms with Crippen LogP contribution in [0, 0.1) is 19.8 Å². The minimum absolute atomic E-state index is 0.0938. The number of hydrogen-bond acceptors (Lipinski definition) is 5. The third kappa shape index (κ3) is 3.54. The highest BCUT2D eigenvalue weighted by molar-refractivity contribution is 7.19. The third-order valence-corrected chi connectivity index (χ3v) is 6.15. The second-order valence-corrected chi connectivity index (χ2v) is 8.63. The number of thiophene rings is 1. The summed E-state index contributed by atoms with van der Waals surface area (Å²) >= 11 is 1.56. The third-order valence-electron chi connectivity index (χ3n) is 5.14. The molecule has 1 saturated heterocycles. The Bertz CT molecular complexity index is 980. The van der Waals surface area contributed by atoms with Gasteiger partial charge in [-0.25, -0.2) is 9.97 Å². The maximum atomic E-state index is 13.1. The quantitative estimate of drug-likeness (QED) is 0.709. The van der Waals surface area contributed by atoms with E-state index in [-0.39, 0.29) is 5.91 Å². The number of aromatic nitrogens is 2. The maximum Gasteiger partial charge on any atom is 0.257 e. The second kappa shape index (κ2) is 7.27. The van der Waals surface area contributed by atoms with E-state index in [4.69, 9.17) is 0 Å². The normalized spacial score (nSPS) is 17.3. The van der Waals surface area contributed by atoms with E-state index in [2.05, 4.69) is 27.1 Å². The van der Waals surface area contributed by atoms with Gasteiger partial charge in [-0.05, 0) is 44.7 Å². The molecule has 0 spiro atoms. The molecule has 1 atom stereocenters. The summed E-state index contributed by atoms with van der Waals surface area (Å²) in [5.41, 5.74) is 2.67. The number of fused-ring (bicyclic) bond motifs is 1. The fourth-order valence-electron chi connectivity index (χ4n) is 3.75. The maximum absolute atomic E-state index is 13.1. The van der Waals surface area contributed by atoms with Gasteiger partial charge in [0.05, 0.1) is 10.9 Å². The Labute approximate surface area is 163 Å². The van der Waals surface area contributed by atoms with Crippen LogP contribution in [-0.2, 0) is 0 Å². The van der Waals surface area contributed by atoms with Crippen LogP contribution in [0.4, 0.5) is 11.5 Å². The number of nitrogens with one attached hydrogen (secondary N) is 1. The van der Waals surface area contributed by atoms with Gasteiger partial charge in [0.2, 0.25) is 0 Å². The molecule has 1 fully saturated rings. The molecule has 1 aliphatic rings. The molecule has 0 radical (unpaired) electrons. The van der Waals surface area contributed by atoms with Gasteiger partial charge < -0.3 is 10.2 Å². The first-order chi connectivity index (χ1) is 13.0. The summed E-state index contributed by atoms with van der Waals surface area (Å²) in [5, 5.41) is 3.92. The standard InChI is InChI=1S/C21H24N4OS/c1-13-6-8-16(9-7-13)24-20(26)17-15(3)27-21-18(17)19(22-12-23-21)25-10-4-5-14(2)11-25/h6-9,12,14H,4-5,10-11H2,1-3H3,(H,24,26). The number of anilines is 2. The molecule has 6 heteroatoms. The summed E-state index contributed by atoms with van der Waals surface area (Å²) < 4.78 is 0. The Morgan fingerprint density at radius 3 is 2.74 bits per heavy atom. The SMILES string of the molecule is Cc1ccc(NC(=O)c2c(C)sc3ncnc(N4CCCC(C)C4)c23)cc1. The van der Waals surface area contributed by atoms with Gasteiger partial charge in [-0.3, -0.25) is 4.79 Å². The van der Waals surface area contributed by atoms with Gasteiger partial charge in [0.25, 0.3) is 5.91 Å². The first-order valence-electron chi connectivity index (χ1n) is 9.40. The van der Waals surface area contributed by atoms with E-state index in [1.807, 2.05) is 38.1 Å². The van der Waals surface area contributed by atoms with Crippen LogP contribution in [0.3, 0.4) is 0 Å². The molecule has 1 aromatic carbocycles. The lowest BCUT2D eigenvalue weighted by Gasteiger charge is -2.32. The number of carbonyl (C=O) groups is 1. The van der Waals surface area contributed by atoms with Gasteiger partial charge in [0.15, 0.2) is 0 Å². The van der Waals surface area contributed by atoms with Crippen molar-refractivity contribution in [1.82, 2.24) is 9.97 Å². The highest BCUT2D eigenvalue weighted by Gasteiger charge is 2.25. The lowest BCUT2D eigenvalue weighted by molar-refractivity contribution is 0.102. The van der Waals surface area contributed by atoms with Crippen LogP contribution < -0.4 is 10.2 Å². The second-order valence-electron chi connectivity index (χ2n) is 7.42. The number of carbonyl (C=O) groups excluding carboxylic acids is 1. The van der Waals surface area contributed by atoms with Crippen molar-refractivity contribution in [1.29, 1.82) is 0 Å². The Kier molecular flexibility index (Phi) is 4.83. The van der Waals surface area contributed by atoms with Crippen LogP contribution in [0.1, 0.15) is 40.6 Å². The Morgan fingerprint density at radius 2 is 2.00 bits per heavy atom. The van der Waals surface area contributed by atoms with E-state index in [1.165, 1.54) is 12.0 Å². The number of hydrogen-bond donors (Lipinski definition) is 1. The Morgan fingerprint density at radius 1 is 1.22 bits per heavy atom. The molecule has 4 rings (SSSR count). The van der Waals surface area contributed by atoms with Crippen molar-refractivity contribution in [3.8, 4) is 0 Å². The first kappa shape index (κ1) is 17.9. The predicted octanol–water partition coefficient (Wildman–Crippen LogP) is 4.80. The minimum Gasteiger partial charge on any atom is -0.356 e. The molecule has 0 aliphatic carbocycles. The van der Waals surface area contributed by atoms with Crippen LogP contribution >= 0.6 is 11.3 Å². The van der Waals surface area contributed by atoms with Crippen molar-refractivity contribution < 1.29 is 4.79 Å². The molecule has 1 unspecified atom stereocenters. The molecule has 1 aliphatic heterocycles. The monoisotopic (exact) mass is 380 g/mol. The number of rotatable bonds is 3. The highest BCUT2D eigenvalue weighted by atomic mass is 32.1. The lowest BCUT2D eigenvalue weighted by Crippen LogP contribution is -2.35. The van der Waals surface area contributed by atoms with Gasteiger partial charge in [-0.1, -0.05) is 24.6 Å². The zero-order valence-corrected chi connectivity index (χ0v) is 16.8. The van der Waals surface area contributed by atoms with Crippen molar-refractivity contribution in [2.75, 3.05) is 23.3 Å². The molecule has 140 valence electrons.